The van der Waals surface area contributed by atoms with Crippen molar-refractivity contribution >= 4 is 11.8 Å². The van der Waals surface area contributed by atoms with Gasteiger partial charge < -0.3 is 9.80 Å². The van der Waals surface area contributed by atoms with Crippen molar-refractivity contribution in [3.8, 4) is 0 Å². The molecule has 0 bridgehead atoms. The minimum absolute atomic E-state index is 0.0702. The first-order chi connectivity index (χ1) is 12.6. The third kappa shape index (κ3) is 3.87. The molecule has 3 rings (SSSR count). The van der Waals surface area contributed by atoms with Gasteiger partial charge in [-0.05, 0) is 38.0 Å². The largest absolute Gasteiger partial charge is 0.337 e. The second kappa shape index (κ2) is 8.03. The first kappa shape index (κ1) is 18.0. The maximum Gasteiger partial charge on any atom is 0.272 e. The first-order valence-electron chi connectivity index (χ1n) is 8.81. The summed E-state index contributed by atoms with van der Waals surface area (Å²) >= 11 is 0. The number of carbonyl (C=O) groups excluding carboxylic acids is 2. The van der Waals surface area contributed by atoms with Crippen LogP contribution in [0.15, 0.2) is 43.0 Å². The highest BCUT2D eigenvalue weighted by atomic mass is 16.2. The molecule has 1 aliphatic rings. The lowest BCUT2D eigenvalue weighted by Gasteiger charge is -2.34. The number of likely N-dealkylation sites (tertiary alicyclic amines) is 1. The van der Waals surface area contributed by atoms with Crippen LogP contribution in [0.4, 0.5) is 0 Å². The van der Waals surface area contributed by atoms with E-state index in [0.29, 0.717) is 31.6 Å². The van der Waals surface area contributed by atoms with Crippen molar-refractivity contribution < 1.29 is 9.59 Å². The number of hydrogen-bond acceptors (Lipinski definition) is 5. The van der Waals surface area contributed by atoms with E-state index in [9.17, 15) is 9.59 Å². The van der Waals surface area contributed by atoms with Gasteiger partial charge in [0, 0.05) is 38.4 Å². The molecular weight excluding hydrogens is 330 g/mol. The third-order valence-corrected chi connectivity index (χ3v) is 4.98. The third-order valence-electron chi connectivity index (χ3n) is 4.98. The summed E-state index contributed by atoms with van der Waals surface area (Å²) in [6, 6.07) is 7.02. The van der Waals surface area contributed by atoms with Gasteiger partial charge in [0.25, 0.3) is 5.91 Å². The Kier molecular flexibility index (Phi) is 5.55. The molecule has 0 aromatic carbocycles. The van der Waals surface area contributed by atoms with Gasteiger partial charge in [-0.3, -0.25) is 14.6 Å². The highest BCUT2D eigenvalue weighted by Gasteiger charge is 2.31. The summed E-state index contributed by atoms with van der Waals surface area (Å²) in [5.41, 5.74) is 1.27. The second-order valence-electron chi connectivity index (χ2n) is 6.54. The molecular formula is C19H23N5O2. The van der Waals surface area contributed by atoms with E-state index in [0.717, 1.165) is 5.69 Å². The van der Waals surface area contributed by atoms with Gasteiger partial charge in [-0.25, -0.2) is 9.97 Å². The monoisotopic (exact) mass is 353 g/mol. The zero-order valence-electron chi connectivity index (χ0n) is 15.1. The van der Waals surface area contributed by atoms with Crippen LogP contribution in [-0.4, -0.2) is 56.7 Å². The van der Waals surface area contributed by atoms with Crippen LogP contribution in [0.1, 0.15) is 42.0 Å². The van der Waals surface area contributed by atoms with Gasteiger partial charge >= 0.3 is 0 Å². The molecule has 1 unspecified atom stereocenters. The highest BCUT2D eigenvalue weighted by molar-refractivity contribution is 5.92. The van der Waals surface area contributed by atoms with E-state index in [4.69, 9.17) is 0 Å². The van der Waals surface area contributed by atoms with Crippen LogP contribution in [-0.2, 0) is 4.79 Å². The van der Waals surface area contributed by atoms with Crippen LogP contribution in [0, 0.1) is 5.92 Å². The fraction of sp³-hybridized carbons (Fsp3) is 0.421. The zero-order chi connectivity index (χ0) is 18.5. The molecule has 7 heteroatoms. The number of hydrogen-bond donors (Lipinski definition) is 0. The number of pyridine rings is 1. The van der Waals surface area contributed by atoms with Crippen LogP contribution in [0.2, 0.25) is 0 Å². The molecule has 136 valence electrons. The zero-order valence-corrected chi connectivity index (χ0v) is 15.1. The molecule has 2 aromatic rings. The van der Waals surface area contributed by atoms with Crippen molar-refractivity contribution in [1.82, 2.24) is 24.8 Å². The predicted molar refractivity (Wildman–Crippen MR) is 96.1 cm³/mol. The van der Waals surface area contributed by atoms with Crippen molar-refractivity contribution in [1.29, 1.82) is 0 Å². The lowest BCUT2D eigenvalue weighted by Crippen LogP contribution is -2.44. The fourth-order valence-electron chi connectivity index (χ4n) is 3.21. The summed E-state index contributed by atoms with van der Waals surface area (Å²) in [4.78, 5) is 41.1. The van der Waals surface area contributed by atoms with E-state index in [1.165, 1.54) is 6.33 Å². The number of piperidine rings is 1. The van der Waals surface area contributed by atoms with E-state index in [1.54, 1.807) is 47.4 Å². The lowest BCUT2D eigenvalue weighted by molar-refractivity contribution is -0.137. The van der Waals surface area contributed by atoms with Crippen LogP contribution in [0.3, 0.4) is 0 Å². The van der Waals surface area contributed by atoms with Gasteiger partial charge in [-0.15, -0.1) is 0 Å². The quantitative estimate of drug-likeness (QED) is 0.839. The minimum Gasteiger partial charge on any atom is -0.337 e. The van der Waals surface area contributed by atoms with Crippen LogP contribution >= 0.6 is 0 Å². The molecule has 0 saturated carbocycles. The number of amides is 2. The maximum atomic E-state index is 12.8. The van der Waals surface area contributed by atoms with Crippen molar-refractivity contribution in [3.63, 3.8) is 0 Å². The van der Waals surface area contributed by atoms with E-state index in [-0.39, 0.29) is 23.8 Å². The van der Waals surface area contributed by atoms with Gasteiger partial charge in [0.05, 0.1) is 11.7 Å². The van der Waals surface area contributed by atoms with E-state index in [2.05, 4.69) is 15.0 Å². The van der Waals surface area contributed by atoms with E-state index >= 15 is 0 Å². The number of aromatic nitrogens is 3. The van der Waals surface area contributed by atoms with Crippen molar-refractivity contribution in [2.45, 2.75) is 25.8 Å². The Bertz CT molecular complexity index is 745. The molecule has 26 heavy (non-hydrogen) atoms. The lowest BCUT2D eigenvalue weighted by atomic mass is 9.94. The molecule has 1 saturated heterocycles. The maximum absolute atomic E-state index is 12.8. The molecule has 0 aliphatic carbocycles. The fourth-order valence-corrected chi connectivity index (χ4v) is 3.21. The van der Waals surface area contributed by atoms with Crippen LogP contribution in [0.25, 0.3) is 0 Å². The minimum atomic E-state index is -0.112. The Morgan fingerprint density at radius 2 is 1.92 bits per heavy atom. The Morgan fingerprint density at radius 1 is 1.15 bits per heavy atom. The van der Waals surface area contributed by atoms with Gasteiger partial charge in [0.1, 0.15) is 12.0 Å². The van der Waals surface area contributed by atoms with Gasteiger partial charge in [-0.2, -0.15) is 0 Å². The van der Waals surface area contributed by atoms with Gasteiger partial charge in [0.2, 0.25) is 5.91 Å². The standard InChI is InChI=1S/C19H23N5O2/c1-14(16-6-10-20-13-22-16)23(2)18(25)15-7-11-24(12-8-15)19(26)17-5-3-4-9-21-17/h3-6,9-10,13-15H,7-8,11-12H2,1-2H3. The van der Waals surface area contributed by atoms with Crippen molar-refractivity contribution in [3.05, 3.63) is 54.4 Å². The Balaban J connectivity index is 1.57. The Morgan fingerprint density at radius 3 is 2.54 bits per heavy atom. The molecule has 0 spiro atoms. The Hall–Kier alpha value is -2.83. The average molecular weight is 353 g/mol. The number of nitrogens with zero attached hydrogens (tertiary/aromatic N) is 5. The molecule has 1 atom stereocenters. The summed E-state index contributed by atoms with van der Waals surface area (Å²) < 4.78 is 0. The Labute approximate surface area is 153 Å². The van der Waals surface area contributed by atoms with Crippen LogP contribution < -0.4 is 0 Å². The smallest absolute Gasteiger partial charge is 0.272 e. The molecule has 2 aromatic heterocycles. The summed E-state index contributed by atoms with van der Waals surface area (Å²) in [5, 5.41) is 0. The van der Waals surface area contributed by atoms with Gasteiger partial charge in [-0.1, -0.05) is 6.07 Å². The molecule has 3 heterocycles. The molecule has 2 amide bonds. The number of carbonyl (C=O) groups is 2. The van der Waals surface area contributed by atoms with E-state index in [1.807, 2.05) is 13.0 Å². The van der Waals surface area contributed by atoms with Gasteiger partial charge in [0.15, 0.2) is 0 Å². The average Bonchev–Trinajstić information content (AvgIpc) is 2.73. The predicted octanol–water partition coefficient (Wildman–Crippen LogP) is 1.94. The first-order valence-corrected chi connectivity index (χ1v) is 8.81. The topological polar surface area (TPSA) is 79.3 Å². The van der Waals surface area contributed by atoms with E-state index < -0.39 is 0 Å². The van der Waals surface area contributed by atoms with Crippen molar-refractivity contribution in [2.24, 2.45) is 5.92 Å². The molecule has 1 fully saturated rings. The SMILES string of the molecule is CC(c1ccncn1)N(C)C(=O)C1CCN(C(=O)c2ccccn2)CC1. The molecule has 0 radical (unpaired) electrons. The molecule has 0 N–H and O–H groups in total. The second-order valence-corrected chi connectivity index (χ2v) is 6.54. The van der Waals surface area contributed by atoms with Crippen LogP contribution in [0.5, 0.6) is 0 Å². The molecule has 7 nitrogen and oxygen atoms in total. The number of rotatable bonds is 4. The normalized spacial score (nSPS) is 16.2. The van der Waals surface area contributed by atoms with Crippen molar-refractivity contribution in [2.75, 3.05) is 20.1 Å². The summed E-state index contributed by atoms with van der Waals surface area (Å²) in [7, 11) is 1.81. The summed E-state index contributed by atoms with van der Waals surface area (Å²) in [5.74, 6) is -0.0441. The summed E-state index contributed by atoms with van der Waals surface area (Å²) in [6.45, 7) is 3.10. The highest BCUT2D eigenvalue weighted by Crippen LogP contribution is 2.24. The summed E-state index contributed by atoms with van der Waals surface area (Å²) in [6.07, 6.45) is 6.12. The molecule has 1 aliphatic heterocycles.